The van der Waals surface area contributed by atoms with E-state index in [1.165, 1.54) is 0 Å². The van der Waals surface area contributed by atoms with Gasteiger partial charge in [0, 0.05) is 39.3 Å². The lowest BCUT2D eigenvalue weighted by Gasteiger charge is -2.37. The van der Waals surface area contributed by atoms with Gasteiger partial charge in [-0.2, -0.15) is 0 Å². The molecule has 3 atom stereocenters. The number of hydrogen-bond donors (Lipinski definition) is 0. The van der Waals surface area contributed by atoms with Gasteiger partial charge in [0.1, 0.15) is 22.8 Å². The first-order valence-corrected chi connectivity index (χ1v) is 20.0. The van der Waals surface area contributed by atoms with Gasteiger partial charge < -0.3 is 41.9 Å². The molecular formula is C26H48N4O9P3-3. The van der Waals surface area contributed by atoms with E-state index in [0.29, 0.717) is 30.7 Å². The molecule has 2 bridgehead atoms. The van der Waals surface area contributed by atoms with Crippen molar-refractivity contribution in [1.82, 2.24) is 19.7 Å². The molecule has 42 heavy (non-hydrogen) atoms. The van der Waals surface area contributed by atoms with Gasteiger partial charge in [-0.15, -0.1) is 0 Å². The Morgan fingerprint density at radius 3 is 1.33 bits per heavy atom. The molecule has 0 aliphatic carbocycles. The molecule has 16 heteroatoms. The van der Waals surface area contributed by atoms with E-state index in [9.17, 15) is 28.4 Å². The van der Waals surface area contributed by atoms with E-state index in [4.69, 9.17) is 13.6 Å². The van der Waals surface area contributed by atoms with Crippen LogP contribution in [-0.2, 0) is 40.4 Å². The number of fused-ring (bicyclic) bond motifs is 2. The van der Waals surface area contributed by atoms with Crippen LogP contribution in [0.3, 0.4) is 0 Å². The van der Waals surface area contributed by atoms with Crippen molar-refractivity contribution in [3.8, 4) is 0 Å². The van der Waals surface area contributed by atoms with E-state index < -0.39 is 22.8 Å². The molecule has 0 amide bonds. The summed E-state index contributed by atoms with van der Waals surface area (Å²) in [7, 11) is -12.6. The topological polar surface area (TPSA) is 171 Å². The molecule has 0 radical (unpaired) electrons. The molecule has 1 aromatic rings. The predicted octanol–water partition coefficient (Wildman–Crippen LogP) is 2.98. The largest absolute Gasteiger partial charge is 0.778 e. The summed E-state index contributed by atoms with van der Waals surface area (Å²) in [4.78, 5) is 48.0. The Bertz CT molecular complexity index is 1010. The first-order valence-electron chi connectivity index (χ1n) is 14.8. The minimum absolute atomic E-state index is 0.0899. The van der Waals surface area contributed by atoms with Crippen LogP contribution < -0.4 is 14.7 Å². The Balaban J connectivity index is 2.30. The molecule has 3 unspecified atom stereocenters. The summed E-state index contributed by atoms with van der Waals surface area (Å²) in [6.45, 7) is 7.34. The molecule has 0 aromatic carbocycles. The summed E-state index contributed by atoms with van der Waals surface area (Å²) >= 11 is 0. The molecule has 2 heterocycles. The average Bonchev–Trinajstić information content (AvgIpc) is 2.89. The average molecular weight is 654 g/mol. The SMILES string of the molecule is CCCCOP(=O)([O-])CN1CCN(CP(=O)([O-])OCCCC)Cc2cccc(n2)CN(CP(=O)([O-])OCCCC)CC1. The number of pyridine rings is 1. The van der Waals surface area contributed by atoms with Gasteiger partial charge in [0.2, 0.25) is 0 Å². The summed E-state index contributed by atoms with van der Waals surface area (Å²) in [5, 5.41) is 0. The molecule has 13 nitrogen and oxygen atoms in total. The lowest BCUT2D eigenvalue weighted by atomic mass is 10.2. The van der Waals surface area contributed by atoms with Crippen LogP contribution in [0.25, 0.3) is 0 Å². The lowest BCUT2D eigenvalue weighted by molar-refractivity contribution is -0.203. The number of hydrogen-bond acceptors (Lipinski definition) is 13. The second-order valence-corrected chi connectivity index (χ2v) is 15.9. The standard InChI is InChI=1S/C26H51N4O9P3/c1-4-7-17-37-40(31,32)22-28-13-15-29(23-41(33,34)38-18-8-5-2)20-25-11-10-12-26(27-25)21-30(16-14-28)24-42(35,36)39-19-9-6-3/h10-12H,4-9,13-24H2,1-3H3,(H,31,32)(H,33,34)(H,35,36)/p-3. The summed E-state index contributed by atoms with van der Waals surface area (Å²) in [5.41, 5.74) is 1.21. The normalized spacial score (nSPS) is 20.6. The van der Waals surface area contributed by atoms with Crippen LogP contribution in [0.15, 0.2) is 18.2 Å². The summed E-state index contributed by atoms with van der Waals surface area (Å²) < 4.78 is 53.9. The highest BCUT2D eigenvalue weighted by Crippen LogP contribution is 2.40. The molecule has 244 valence electrons. The van der Waals surface area contributed by atoms with Crippen molar-refractivity contribution >= 4 is 22.8 Å². The van der Waals surface area contributed by atoms with Gasteiger partial charge in [-0.25, -0.2) is 0 Å². The van der Waals surface area contributed by atoms with Crippen LogP contribution in [0.4, 0.5) is 0 Å². The third-order valence-electron chi connectivity index (χ3n) is 6.58. The van der Waals surface area contributed by atoms with E-state index in [0.717, 1.165) is 19.3 Å². The molecule has 0 saturated heterocycles. The minimum atomic E-state index is -4.24. The Morgan fingerprint density at radius 2 is 0.976 bits per heavy atom. The third kappa shape index (κ3) is 16.0. The van der Waals surface area contributed by atoms with Gasteiger partial charge in [-0.3, -0.25) is 19.7 Å². The molecule has 1 aliphatic rings. The Kier molecular flexibility index (Phi) is 17.1. The molecule has 0 saturated carbocycles. The summed E-state index contributed by atoms with van der Waals surface area (Å²) in [6.07, 6.45) is 3.15. The van der Waals surface area contributed by atoms with E-state index in [2.05, 4.69) is 4.98 Å². The van der Waals surface area contributed by atoms with Gasteiger partial charge in [-0.05, 0) is 31.4 Å². The smallest absolute Gasteiger partial charge is 0.148 e. The molecular weight excluding hydrogens is 605 g/mol. The monoisotopic (exact) mass is 653 g/mol. The number of rotatable bonds is 18. The van der Waals surface area contributed by atoms with Gasteiger partial charge in [0.25, 0.3) is 0 Å². The van der Waals surface area contributed by atoms with E-state index in [1.54, 1.807) is 32.9 Å². The highest BCUT2D eigenvalue weighted by atomic mass is 31.2. The number of nitrogens with zero attached hydrogens (tertiary/aromatic N) is 4. The molecule has 1 aromatic heterocycles. The van der Waals surface area contributed by atoms with Gasteiger partial charge in [-0.1, -0.05) is 46.1 Å². The van der Waals surface area contributed by atoms with Gasteiger partial charge >= 0.3 is 0 Å². The van der Waals surface area contributed by atoms with Crippen molar-refractivity contribution in [1.29, 1.82) is 0 Å². The fourth-order valence-corrected chi connectivity index (χ4v) is 7.99. The second kappa shape index (κ2) is 19.1. The molecule has 2 rings (SSSR count). The molecule has 1 aliphatic heterocycles. The maximum Gasteiger partial charge on any atom is 0.148 e. The number of unbranched alkanes of at least 4 members (excludes halogenated alkanes) is 3. The van der Waals surface area contributed by atoms with Crippen LogP contribution >= 0.6 is 22.8 Å². The van der Waals surface area contributed by atoms with Crippen molar-refractivity contribution in [3.05, 3.63) is 29.6 Å². The molecule has 0 N–H and O–H groups in total. The van der Waals surface area contributed by atoms with Crippen LogP contribution in [0, 0.1) is 0 Å². The highest BCUT2D eigenvalue weighted by Gasteiger charge is 2.23. The van der Waals surface area contributed by atoms with Crippen molar-refractivity contribution in [2.45, 2.75) is 72.4 Å². The zero-order valence-electron chi connectivity index (χ0n) is 25.3. The van der Waals surface area contributed by atoms with Gasteiger partial charge in [0.05, 0.1) is 50.1 Å². The highest BCUT2D eigenvalue weighted by molar-refractivity contribution is 7.51. The lowest BCUT2D eigenvalue weighted by Crippen LogP contribution is -2.42. The predicted molar refractivity (Wildman–Crippen MR) is 157 cm³/mol. The summed E-state index contributed by atoms with van der Waals surface area (Å²) in [6, 6.07) is 5.35. The third-order valence-corrected chi connectivity index (χ3v) is 10.5. The minimum Gasteiger partial charge on any atom is -0.778 e. The fraction of sp³-hybridized carbons (Fsp3) is 0.808. The van der Waals surface area contributed by atoms with E-state index in [-0.39, 0.29) is 77.9 Å². The van der Waals surface area contributed by atoms with Crippen LogP contribution in [0.2, 0.25) is 0 Å². The quantitative estimate of drug-likeness (QED) is 0.167. The first-order chi connectivity index (χ1) is 19.9. The zero-order chi connectivity index (χ0) is 31.1. The van der Waals surface area contributed by atoms with Crippen molar-refractivity contribution in [3.63, 3.8) is 0 Å². The van der Waals surface area contributed by atoms with Crippen LogP contribution in [-0.4, -0.2) is 84.5 Å². The van der Waals surface area contributed by atoms with Crippen LogP contribution in [0.5, 0.6) is 0 Å². The van der Waals surface area contributed by atoms with Gasteiger partial charge in [0.15, 0.2) is 0 Å². The van der Waals surface area contributed by atoms with Crippen molar-refractivity contribution < 1.29 is 41.9 Å². The van der Waals surface area contributed by atoms with E-state index in [1.807, 2.05) is 20.8 Å². The molecule has 0 fully saturated rings. The molecule has 0 spiro atoms. The Morgan fingerprint density at radius 1 is 0.643 bits per heavy atom. The van der Waals surface area contributed by atoms with Crippen molar-refractivity contribution in [2.24, 2.45) is 0 Å². The Labute approximate surface area is 251 Å². The fourth-order valence-electron chi connectivity index (χ4n) is 4.28. The van der Waals surface area contributed by atoms with Crippen molar-refractivity contribution in [2.75, 3.05) is 64.9 Å². The Hall–Kier alpha value is -0.520. The van der Waals surface area contributed by atoms with Crippen LogP contribution in [0.1, 0.15) is 70.7 Å². The first kappa shape index (κ1) is 37.7. The zero-order valence-corrected chi connectivity index (χ0v) is 27.9. The van der Waals surface area contributed by atoms with E-state index >= 15 is 0 Å². The maximum absolute atomic E-state index is 12.8. The maximum atomic E-state index is 12.8. The second-order valence-electron chi connectivity index (χ2n) is 10.7. The summed E-state index contributed by atoms with van der Waals surface area (Å²) in [5.74, 6) is 0. The number of aromatic nitrogens is 1.